The van der Waals surface area contributed by atoms with Gasteiger partial charge in [-0.15, -0.1) is 0 Å². The molecule has 0 saturated heterocycles. The second-order valence-electron chi connectivity index (χ2n) is 5.46. The Balaban J connectivity index is 2.61. The summed E-state index contributed by atoms with van der Waals surface area (Å²) < 4.78 is 0. The molecule has 0 unspecified atom stereocenters. The third kappa shape index (κ3) is 3.84. The average molecular weight is 254 g/mol. The number of carboxylic acid groups (broad SMARTS) is 1. The Morgan fingerprint density at radius 2 is 2.11 bits per heavy atom. The number of carbonyl (C=O) groups is 2. The van der Waals surface area contributed by atoms with Gasteiger partial charge in [-0.3, -0.25) is 4.79 Å². The number of carboxylic acids is 1. The zero-order valence-electron chi connectivity index (χ0n) is 11.0. The molecule has 1 amide bonds. The molecule has 0 aromatic heterocycles. The molecule has 0 heterocycles. The van der Waals surface area contributed by atoms with Crippen molar-refractivity contribution in [1.29, 1.82) is 0 Å². The third-order valence-electron chi connectivity index (χ3n) is 3.21. The molecule has 0 spiro atoms. The van der Waals surface area contributed by atoms with Crippen LogP contribution in [0.15, 0.2) is 12.2 Å². The van der Waals surface area contributed by atoms with Crippen molar-refractivity contribution in [2.24, 2.45) is 17.6 Å². The third-order valence-corrected chi connectivity index (χ3v) is 3.21. The second-order valence-corrected chi connectivity index (χ2v) is 5.46. The summed E-state index contributed by atoms with van der Waals surface area (Å²) in [5.74, 6) is -1.40. The highest BCUT2D eigenvalue weighted by molar-refractivity contribution is 5.86. The molecule has 0 bridgehead atoms. The summed E-state index contributed by atoms with van der Waals surface area (Å²) in [4.78, 5) is 23.1. The summed E-state index contributed by atoms with van der Waals surface area (Å²) in [6, 6.07) is -1.08. The van der Waals surface area contributed by atoms with Crippen LogP contribution in [0.5, 0.6) is 0 Å². The summed E-state index contributed by atoms with van der Waals surface area (Å²) >= 11 is 0. The molecule has 5 heteroatoms. The molecule has 0 aromatic rings. The minimum Gasteiger partial charge on any atom is -0.480 e. The Labute approximate surface area is 107 Å². The van der Waals surface area contributed by atoms with Gasteiger partial charge in [-0.05, 0) is 25.2 Å². The Bertz CT molecular complexity index is 352. The Kier molecular flexibility index (Phi) is 4.90. The van der Waals surface area contributed by atoms with E-state index in [1.54, 1.807) is 0 Å². The second kappa shape index (κ2) is 6.00. The van der Waals surface area contributed by atoms with E-state index in [0.717, 1.165) is 5.57 Å². The van der Waals surface area contributed by atoms with Crippen LogP contribution in [0.4, 0.5) is 0 Å². The van der Waals surface area contributed by atoms with E-state index in [-0.39, 0.29) is 23.8 Å². The molecule has 18 heavy (non-hydrogen) atoms. The molecule has 5 nitrogen and oxygen atoms in total. The largest absolute Gasteiger partial charge is 0.480 e. The van der Waals surface area contributed by atoms with Crippen LogP contribution >= 0.6 is 0 Å². The average Bonchev–Trinajstić information content (AvgIpc) is 2.56. The predicted octanol–water partition coefficient (Wildman–Crippen LogP) is 0.895. The van der Waals surface area contributed by atoms with Gasteiger partial charge >= 0.3 is 5.97 Å². The van der Waals surface area contributed by atoms with E-state index in [2.05, 4.69) is 11.9 Å². The molecule has 3 atom stereocenters. The van der Waals surface area contributed by atoms with Crippen LogP contribution in [0.3, 0.4) is 0 Å². The predicted molar refractivity (Wildman–Crippen MR) is 68.9 cm³/mol. The molecule has 1 saturated carbocycles. The lowest BCUT2D eigenvalue weighted by molar-refractivity contribution is -0.143. The SMILES string of the molecule is C=C1C[C@H](N)[C@H](C(=O)N[C@H](CC(C)C)C(=O)O)C1. The maximum atomic E-state index is 12.0. The standard InChI is InChI=1S/C13H22N2O3/c1-7(2)4-11(13(17)18)15-12(16)9-5-8(3)6-10(9)14/h7,9-11H,3-6,14H2,1-2H3,(H,15,16)(H,17,18)/t9-,10+,11-/m1/s1. The van der Waals surface area contributed by atoms with Gasteiger partial charge in [0.1, 0.15) is 6.04 Å². The van der Waals surface area contributed by atoms with E-state index in [1.165, 1.54) is 0 Å². The van der Waals surface area contributed by atoms with E-state index in [0.29, 0.717) is 19.3 Å². The first kappa shape index (κ1) is 14.7. The summed E-state index contributed by atoms with van der Waals surface area (Å²) in [7, 11) is 0. The zero-order valence-corrected chi connectivity index (χ0v) is 11.0. The molecule has 0 aromatic carbocycles. The maximum Gasteiger partial charge on any atom is 0.326 e. The Hall–Kier alpha value is -1.36. The van der Waals surface area contributed by atoms with Gasteiger partial charge in [-0.1, -0.05) is 26.0 Å². The first-order valence-electron chi connectivity index (χ1n) is 6.26. The van der Waals surface area contributed by atoms with Gasteiger partial charge in [0, 0.05) is 6.04 Å². The molecular formula is C13H22N2O3. The monoisotopic (exact) mass is 254 g/mol. The van der Waals surface area contributed by atoms with Gasteiger partial charge < -0.3 is 16.2 Å². The van der Waals surface area contributed by atoms with Crippen molar-refractivity contribution in [3.63, 3.8) is 0 Å². The van der Waals surface area contributed by atoms with Crippen molar-refractivity contribution in [3.8, 4) is 0 Å². The normalized spacial score (nSPS) is 25.2. The van der Waals surface area contributed by atoms with Crippen molar-refractivity contribution in [1.82, 2.24) is 5.32 Å². The lowest BCUT2D eigenvalue weighted by Gasteiger charge is -2.20. The molecule has 1 fully saturated rings. The maximum absolute atomic E-state index is 12.0. The molecule has 1 rings (SSSR count). The molecule has 1 aliphatic carbocycles. The fourth-order valence-electron chi connectivity index (χ4n) is 2.28. The first-order valence-corrected chi connectivity index (χ1v) is 6.26. The van der Waals surface area contributed by atoms with Crippen LogP contribution in [-0.2, 0) is 9.59 Å². The van der Waals surface area contributed by atoms with Gasteiger partial charge in [-0.2, -0.15) is 0 Å². The number of rotatable bonds is 5. The number of nitrogens with two attached hydrogens (primary N) is 1. The topological polar surface area (TPSA) is 92.4 Å². The van der Waals surface area contributed by atoms with Gasteiger partial charge in [-0.25, -0.2) is 4.79 Å². The number of nitrogens with one attached hydrogen (secondary N) is 1. The fraction of sp³-hybridized carbons (Fsp3) is 0.692. The number of amides is 1. The van der Waals surface area contributed by atoms with Crippen LogP contribution in [-0.4, -0.2) is 29.1 Å². The molecule has 1 aliphatic rings. The lowest BCUT2D eigenvalue weighted by Crippen LogP contribution is -2.47. The zero-order chi connectivity index (χ0) is 13.9. The highest BCUT2D eigenvalue weighted by Gasteiger charge is 2.34. The smallest absolute Gasteiger partial charge is 0.326 e. The summed E-state index contributed by atoms with van der Waals surface area (Å²) in [5, 5.41) is 11.6. The molecule has 102 valence electrons. The van der Waals surface area contributed by atoms with Crippen molar-refractivity contribution in [2.75, 3.05) is 0 Å². The van der Waals surface area contributed by atoms with Crippen molar-refractivity contribution in [2.45, 2.75) is 45.2 Å². The number of hydrogen-bond acceptors (Lipinski definition) is 3. The van der Waals surface area contributed by atoms with Crippen molar-refractivity contribution < 1.29 is 14.7 Å². The van der Waals surface area contributed by atoms with Crippen LogP contribution < -0.4 is 11.1 Å². The van der Waals surface area contributed by atoms with E-state index < -0.39 is 12.0 Å². The number of aliphatic carboxylic acids is 1. The minimum atomic E-state index is -0.998. The molecule has 4 N–H and O–H groups in total. The molecule has 0 radical (unpaired) electrons. The number of hydrogen-bond donors (Lipinski definition) is 3. The van der Waals surface area contributed by atoms with Crippen LogP contribution in [0, 0.1) is 11.8 Å². The van der Waals surface area contributed by atoms with Crippen LogP contribution in [0.1, 0.15) is 33.1 Å². The van der Waals surface area contributed by atoms with Gasteiger partial charge in [0.25, 0.3) is 0 Å². The fourth-order valence-corrected chi connectivity index (χ4v) is 2.28. The van der Waals surface area contributed by atoms with Crippen LogP contribution in [0.25, 0.3) is 0 Å². The summed E-state index contributed by atoms with van der Waals surface area (Å²) in [6.07, 6.45) is 1.62. The van der Waals surface area contributed by atoms with E-state index >= 15 is 0 Å². The minimum absolute atomic E-state index is 0.207. The van der Waals surface area contributed by atoms with Gasteiger partial charge in [0.05, 0.1) is 5.92 Å². The van der Waals surface area contributed by atoms with Gasteiger partial charge in [0.2, 0.25) is 5.91 Å². The summed E-state index contributed by atoms with van der Waals surface area (Å²) in [5.41, 5.74) is 6.81. The van der Waals surface area contributed by atoms with Crippen LogP contribution in [0.2, 0.25) is 0 Å². The number of carbonyl (C=O) groups excluding carboxylic acids is 1. The van der Waals surface area contributed by atoms with E-state index in [1.807, 2.05) is 13.8 Å². The Morgan fingerprint density at radius 3 is 2.50 bits per heavy atom. The molecular weight excluding hydrogens is 232 g/mol. The highest BCUT2D eigenvalue weighted by Crippen LogP contribution is 2.28. The van der Waals surface area contributed by atoms with Crippen molar-refractivity contribution >= 4 is 11.9 Å². The highest BCUT2D eigenvalue weighted by atomic mass is 16.4. The van der Waals surface area contributed by atoms with Crippen molar-refractivity contribution in [3.05, 3.63) is 12.2 Å². The lowest BCUT2D eigenvalue weighted by atomic mass is 10.00. The quantitative estimate of drug-likeness (QED) is 0.635. The molecule has 0 aliphatic heterocycles. The van der Waals surface area contributed by atoms with Gasteiger partial charge in [0.15, 0.2) is 0 Å². The van der Waals surface area contributed by atoms with E-state index in [4.69, 9.17) is 10.8 Å². The summed E-state index contributed by atoms with van der Waals surface area (Å²) in [6.45, 7) is 7.67. The first-order chi connectivity index (χ1) is 8.31. The van der Waals surface area contributed by atoms with E-state index in [9.17, 15) is 9.59 Å². The Morgan fingerprint density at radius 1 is 1.50 bits per heavy atom.